The number of Topliss-reactive ketones (excluding diaryl/α,β-unsaturated/α-hetero) is 1. The summed E-state index contributed by atoms with van der Waals surface area (Å²) in [5.41, 5.74) is 0.754. The molecule has 0 N–H and O–H groups in total. The number of piperidine rings is 1. The molecule has 1 aromatic rings. The number of urea groups is 1. The van der Waals surface area contributed by atoms with E-state index in [2.05, 4.69) is 0 Å². The molecule has 1 saturated carbocycles. The van der Waals surface area contributed by atoms with Gasteiger partial charge in [-0.3, -0.25) is 4.79 Å². The molecule has 1 aromatic carbocycles. The zero-order chi connectivity index (χ0) is 20.2. The largest absolute Gasteiger partial charge is 0.370 e. The zero-order valence-corrected chi connectivity index (χ0v) is 16.4. The molecule has 29 heavy (non-hydrogen) atoms. The van der Waals surface area contributed by atoms with Crippen molar-refractivity contribution >= 4 is 11.8 Å². The lowest BCUT2D eigenvalue weighted by molar-refractivity contribution is -0.140. The van der Waals surface area contributed by atoms with E-state index in [0.717, 1.165) is 38.4 Å². The fraction of sp³-hybridized carbons (Fsp3) is 0.636. The first kappa shape index (κ1) is 19.0. The van der Waals surface area contributed by atoms with E-state index >= 15 is 0 Å². The fourth-order valence-corrected chi connectivity index (χ4v) is 5.82. The Hall–Kier alpha value is -2.02. The van der Waals surface area contributed by atoms with Gasteiger partial charge in [0.05, 0.1) is 6.10 Å². The van der Waals surface area contributed by atoms with Gasteiger partial charge in [0.25, 0.3) is 0 Å². The molecule has 156 valence electrons. The van der Waals surface area contributed by atoms with Crippen molar-refractivity contribution in [1.29, 1.82) is 0 Å². The Morgan fingerprint density at radius 2 is 2.00 bits per heavy atom. The van der Waals surface area contributed by atoms with Gasteiger partial charge in [-0.2, -0.15) is 0 Å². The maximum absolute atomic E-state index is 13.8. The van der Waals surface area contributed by atoms with Crippen LogP contribution < -0.4 is 0 Å². The van der Waals surface area contributed by atoms with Crippen molar-refractivity contribution in [2.75, 3.05) is 32.8 Å². The lowest BCUT2D eigenvalue weighted by Gasteiger charge is -2.60. The standard InChI is InChI=1S/C22H26F2N2O3/c23-17-2-1-15(19(24)7-17)5-14-8-22(9-14)12-26(13-22)21(28)25-4-3-20-16(10-25)6-18(27)11-29-20/h1-2,7,14,16,20H,3-6,8-13H2/t16-,20-/m1/s1. The van der Waals surface area contributed by atoms with Crippen LogP contribution in [0.25, 0.3) is 0 Å². The molecule has 3 aliphatic heterocycles. The van der Waals surface area contributed by atoms with Crippen LogP contribution in [0.4, 0.5) is 13.6 Å². The van der Waals surface area contributed by atoms with Crippen LogP contribution in [-0.2, 0) is 16.0 Å². The molecule has 1 aliphatic carbocycles. The van der Waals surface area contributed by atoms with E-state index in [9.17, 15) is 18.4 Å². The minimum absolute atomic E-state index is 0.0696. The quantitative estimate of drug-likeness (QED) is 0.762. The highest BCUT2D eigenvalue weighted by atomic mass is 19.1. The first-order valence-electron chi connectivity index (χ1n) is 10.5. The van der Waals surface area contributed by atoms with E-state index in [1.807, 2.05) is 9.80 Å². The van der Waals surface area contributed by atoms with Crippen molar-refractivity contribution in [3.8, 4) is 0 Å². The summed E-state index contributed by atoms with van der Waals surface area (Å²) in [5, 5.41) is 0. The van der Waals surface area contributed by atoms with Gasteiger partial charge in [0.1, 0.15) is 18.2 Å². The number of ether oxygens (including phenoxy) is 1. The molecule has 0 bridgehead atoms. The van der Waals surface area contributed by atoms with E-state index < -0.39 is 11.6 Å². The van der Waals surface area contributed by atoms with E-state index in [0.29, 0.717) is 37.4 Å². The fourth-order valence-electron chi connectivity index (χ4n) is 5.82. The number of fused-ring (bicyclic) bond motifs is 1. The van der Waals surface area contributed by atoms with Crippen LogP contribution in [-0.4, -0.2) is 60.5 Å². The van der Waals surface area contributed by atoms with Crippen LogP contribution in [0.2, 0.25) is 0 Å². The molecule has 7 heteroatoms. The topological polar surface area (TPSA) is 49.9 Å². The van der Waals surface area contributed by atoms with Gasteiger partial charge in [-0.25, -0.2) is 13.6 Å². The van der Waals surface area contributed by atoms with Gasteiger partial charge in [0, 0.05) is 50.0 Å². The molecule has 4 fully saturated rings. The summed E-state index contributed by atoms with van der Waals surface area (Å²) >= 11 is 0. The second kappa shape index (κ2) is 7.04. The molecule has 2 atom stereocenters. The summed E-state index contributed by atoms with van der Waals surface area (Å²) in [7, 11) is 0. The SMILES string of the molecule is O=C1CO[C@@H]2CCN(C(=O)N3CC4(CC(Cc5ccc(F)cc5F)C4)C3)C[C@H]2C1. The van der Waals surface area contributed by atoms with E-state index in [1.165, 1.54) is 12.1 Å². The van der Waals surface area contributed by atoms with Crippen LogP contribution in [0.1, 0.15) is 31.2 Å². The Morgan fingerprint density at radius 1 is 1.21 bits per heavy atom. The van der Waals surface area contributed by atoms with Gasteiger partial charge in [0.15, 0.2) is 5.78 Å². The van der Waals surface area contributed by atoms with Crippen LogP contribution in [0.3, 0.4) is 0 Å². The number of carbonyl (C=O) groups is 2. The molecule has 3 heterocycles. The van der Waals surface area contributed by atoms with Gasteiger partial charge in [-0.15, -0.1) is 0 Å². The highest BCUT2D eigenvalue weighted by Gasteiger charge is 2.54. The van der Waals surface area contributed by atoms with Crippen molar-refractivity contribution < 1.29 is 23.1 Å². The highest BCUT2D eigenvalue weighted by molar-refractivity contribution is 5.81. The van der Waals surface area contributed by atoms with E-state index in [1.54, 1.807) is 0 Å². The van der Waals surface area contributed by atoms with Crippen molar-refractivity contribution in [2.45, 2.75) is 38.2 Å². The molecular weight excluding hydrogens is 378 g/mol. The molecule has 5 nitrogen and oxygen atoms in total. The summed E-state index contributed by atoms with van der Waals surface area (Å²) in [6.07, 6.45) is 4.03. The predicted molar refractivity (Wildman–Crippen MR) is 101 cm³/mol. The molecule has 3 saturated heterocycles. The number of hydrogen-bond donors (Lipinski definition) is 0. The maximum atomic E-state index is 13.8. The smallest absolute Gasteiger partial charge is 0.320 e. The molecule has 5 rings (SSSR count). The summed E-state index contributed by atoms with van der Waals surface area (Å²) in [6.45, 7) is 3.02. The van der Waals surface area contributed by atoms with Gasteiger partial charge in [-0.1, -0.05) is 6.07 Å². The molecule has 0 radical (unpaired) electrons. The minimum Gasteiger partial charge on any atom is -0.370 e. The first-order valence-corrected chi connectivity index (χ1v) is 10.5. The van der Waals surface area contributed by atoms with Crippen LogP contribution in [0.15, 0.2) is 18.2 Å². The zero-order valence-electron chi connectivity index (χ0n) is 16.4. The monoisotopic (exact) mass is 404 g/mol. The Morgan fingerprint density at radius 3 is 2.76 bits per heavy atom. The average Bonchev–Trinajstić information content (AvgIpc) is 2.63. The van der Waals surface area contributed by atoms with Crippen molar-refractivity contribution in [3.05, 3.63) is 35.4 Å². The molecule has 2 amide bonds. The van der Waals surface area contributed by atoms with Gasteiger partial charge in [0.2, 0.25) is 0 Å². The number of carbonyl (C=O) groups excluding carboxylic acids is 2. The van der Waals surface area contributed by atoms with Crippen molar-refractivity contribution in [3.63, 3.8) is 0 Å². The summed E-state index contributed by atoms with van der Waals surface area (Å²) in [5.74, 6) is -0.361. The van der Waals surface area contributed by atoms with Gasteiger partial charge >= 0.3 is 6.03 Å². The Labute approximate surface area is 169 Å². The Balaban J connectivity index is 1.10. The maximum Gasteiger partial charge on any atom is 0.320 e. The Bertz CT molecular complexity index is 831. The number of nitrogens with zero attached hydrogens (tertiary/aromatic N) is 2. The third-order valence-electron chi connectivity index (χ3n) is 7.17. The third-order valence-corrected chi connectivity index (χ3v) is 7.17. The minimum atomic E-state index is -0.544. The Kier molecular flexibility index (Phi) is 4.61. The molecule has 4 aliphatic rings. The average molecular weight is 404 g/mol. The van der Waals surface area contributed by atoms with E-state index in [-0.39, 0.29) is 35.9 Å². The first-order chi connectivity index (χ1) is 13.9. The highest BCUT2D eigenvalue weighted by Crippen LogP contribution is 2.53. The molecule has 0 aromatic heterocycles. The number of benzene rings is 1. The molecular formula is C22H26F2N2O3. The van der Waals surface area contributed by atoms with Crippen LogP contribution in [0.5, 0.6) is 0 Å². The number of ketones is 1. The number of likely N-dealkylation sites (tertiary alicyclic amines) is 2. The van der Waals surface area contributed by atoms with Gasteiger partial charge < -0.3 is 14.5 Å². The predicted octanol–water partition coefficient (Wildman–Crippen LogP) is 3.02. The summed E-state index contributed by atoms with van der Waals surface area (Å²) < 4.78 is 32.5. The molecule has 0 unspecified atom stereocenters. The lowest BCUT2D eigenvalue weighted by atomic mass is 9.56. The number of amides is 2. The second-order valence-electron chi connectivity index (χ2n) is 9.44. The second-order valence-corrected chi connectivity index (χ2v) is 9.44. The summed E-state index contributed by atoms with van der Waals surface area (Å²) in [4.78, 5) is 28.3. The number of halogens is 2. The summed E-state index contributed by atoms with van der Waals surface area (Å²) in [6, 6.07) is 3.86. The van der Waals surface area contributed by atoms with Crippen LogP contribution in [0, 0.1) is 28.9 Å². The number of rotatable bonds is 2. The molecule has 1 spiro atoms. The third kappa shape index (κ3) is 3.54. The van der Waals surface area contributed by atoms with Crippen molar-refractivity contribution in [2.24, 2.45) is 17.3 Å². The van der Waals surface area contributed by atoms with E-state index in [4.69, 9.17) is 4.74 Å². The van der Waals surface area contributed by atoms with Gasteiger partial charge in [-0.05, 0) is 43.2 Å². The normalized spacial score (nSPS) is 28.7. The number of hydrogen-bond acceptors (Lipinski definition) is 3. The van der Waals surface area contributed by atoms with Crippen LogP contribution >= 0.6 is 0 Å². The van der Waals surface area contributed by atoms with Crippen molar-refractivity contribution in [1.82, 2.24) is 9.80 Å². The lowest BCUT2D eigenvalue weighted by Crippen LogP contribution is -2.66.